The first-order valence-electron chi connectivity index (χ1n) is 6.82. The molecule has 2 N–H and O–H groups in total. The molecule has 1 rings (SSSR count). The van der Waals surface area contributed by atoms with Crippen molar-refractivity contribution >= 4 is 5.71 Å². The first-order chi connectivity index (χ1) is 8.70. The van der Waals surface area contributed by atoms with Crippen LogP contribution in [0.5, 0.6) is 0 Å². The summed E-state index contributed by atoms with van der Waals surface area (Å²) in [6, 6.07) is 0.144. The zero-order valence-electron chi connectivity index (χ0n) is 11.8. The molecule has 0 atom stereocenters. The summed E-state index contributed by atoms with van der Waals surface area (Å²) in [6.45, 7) is 5.87. The molecule has 1 aliphatic carbocycles. The van der Waals surface area contributed by atoms with E-state index in [1.54, 1.807) is 0 Å². The molecule has 1 aliphatic rings. The minimum atomic E-state index is -4.48. The van der Waals surface area contributed by atoms with Gasteiger partial charge in [0.2, 0.25) is 0 Å². The molecular weight excluding hydrogens is 253 g/mol. The van der Waals surface area contributed by atoms with Crippen LogP contribution in [0.15, 0.2) is 16.8 Å². The summed E-state index contributed by atoms with van der Waals surface area (Å²) in [5, 5.41) is 0. The number of nitrogens with two attached hydrogens (primary N) is 1. The molecule has 0 heterocycles. The van der Waals surface area contributed by atoms with Crippen LogP contribution in [0.1, 0.15) is 46.5 Å². The van der Waals surface area contributed by atoms with Crippen molar-refractivity contribution in [1.29, 1.82) is 0 Å². The molecule has 0 spiro atoms. The van der Waals surface area contributed by atoms with E-state index in [0.29, 0.717) is 11.6 Å². The van der Waals surface area contributed by atoms with Crippen LogP contribution < -0.4 is 5.73 Å². The van der Waals surface area contributed by atoms with Crippen molar-refractivity contribution in [3.63, 3.8) is 0 Å². The zero-order valence-corrected chi connectivity index (χ0v) is 11.8. The average molecular weight is 276 g/mol. The van der Waals surface area contributed by atoms with Gasteiger partial charge < -0.3 is 5.73 Å². The molecule has 0 aliphatic heterocycles. The highest BCUT2D eigenvalue weighted by Gasteiger charge is 2.32. The van der Waals surface area contributed by atoms with Crippen LogP contribution in [-0.2, 0) is 0 Å². The van der Waals surface area contributed by atoms with Crippen molar-refractivity contribution in [1.82, 2.24) is 0 Å². The van der Waals surface area contributed by atoms with E-state index in [4.69, 9.17) is 5.73 Å². The van der Waals surface area contributed by atoms with Crippen LogP contribution in [-0.4, -0.2) is 17.9 Å². The Morgan fingerprint density at radius 2 is 1.74 bits per heavy atom. The Kier molecular flexibility index (Phi) is 5.44. The van der Waals surface area contributed by atoms with Crippen LogP contribution in [0.2, 0.25) is 0 Å². The van der Waals surface area contributed by atoms with Gasteiger partial charge in [0.25, 0.3) is 0 Å². The van der Waals surface area contributed by atoms with Gasteiger partial charge in [-0.15, -0.1) is 0 Å². The van der Waals surface area contributed by atoms with Crippen molar-refractivity contribution in [2.75, 3.05) is 0 Å². The SMILES string of the molecule is CC1CCC(N=C(C=C(N)C(F)(F)F)C(C)C)CC1. The highest BCUT2D eigenvalue weighted by Crippen LogP contribution is 2.27. The summed E-state index contributed by atoms with van der Waals surface area (Å²) in [4.78, 5) is 4.48. The Balaban J connectivity index is 2.83. The summed E-state index contributed by atoms with van der Waals surface area (Å²) in [5.41, 5.74) is 4.46. The molecule has 1 saturated carbocycles. The van der Waals surface area contributed by atoms with E-state index in [9.17, 15) is 13.2 Å². The highest BCUT2D eigenvalue weighted by atomic mass is 19.4. The largest absolute Gasteiger partial charge is 0.430 e. The van der Waals surface area contributed by atoms with Gasteiger partial charge in [0, 0.05) is 5.71 Å². The monoisotopic (exact) mass is 276 g/mol. The van der Waals surface area contributed by atoms with Crippen molar-refractivity contribution in [3.8, 4) is 0 Å². The molecule has 5 heteroatoms. The molecule has 0 amide bonds. The van der Waals surface area contributed by atoms with Crippen molar-refractivity contribution in [2.24, 2.45) is 22.6 Å². The molecule has 0 unspecified atom stereocenters. The van der Waals surface area contributed by atoms with Crippen LogP contribution >= 0.6 is 0 Å². The van der Waals surface area contributed by atoms with E-state index in [1.807, 2.05) is 13.8 Å². The van der Waals surface area contributed by atoms with Crippen LogP contribution in [0, 0.1) is 11.8 Å². The van der Waals surface area contributed by atoms with Gasteiger partial charge in [-0.1, -0.05) is 20.8 Å². The first-order valence-corrected chi connectivity index (χ1v) is 6.82. The van der Waals surface area contributed by atoms with Gasteiger partial charge in [-0.05, 0) is 43.6 Å². The first kappa shape index (κ1) is 16.1. The normalized spacial score (nSPS) is 26.9. The van der Waals surface area contributed by atoms with Crippen molar-refractivity contribution in [3.05, 3.63) is 11.8 Å². The van der Waals surface area contributed by atoms with Crippen molar-refractivity contribution < 1.29 is 13.2 Å². The lowest BCUT2D eigenvalue weighted by Crippen LogP contribution is -2.23. The fourth-order valence-electron chi connectivity index (χ4n) is 2.18. The van der Waals surface area contributed by atoms with Gasteiger partial charge in [-0.2, -0.15) is 13.2 Å². The number of rotatable bonds is 3. The minimum Gasteiger partial charge on any atom is -0.395 e. The number of hydrogen-bond donors (Lipinski definition) is 1. The molecule has 110 valence electrons. The fraction of sp³-hybridized carbons (Fsp3) is 0.786. The average Bonchev–Trinajstić information content (AvgIpc) is 2.29. The second-order valence-corrected chi connectivity index (χ2v) is 5.72. The van der Waals surface area contributed by atoms with Crippen molar-refractivity contribution in [2.45, 2.75) is 58.7 Å². The third-order valence-corrected chi connectivity index (χ3v) is 3.54. The second-order valence-electron chi connectivity index (χ2n) is 5.72. The summed E-state index contributed by atoms with van der Waals surface area (Å²) in [7, 11) is 0. The number of alkyl halides is 3. The smallest absolute Gasteiger partial charge is 0.395 e. The van der Waals surface area contributed by atoms with Gasteiger partial charge in [-0.3, -0.25) is 4.99 Å². The molecule has 0 saturated heterocycles. The number of aliphatic imine (C=N–C) groups is 1. The summed E-state index contributed by atoms with van der Waals surface area (Å²) in [6.07, 6.45) is 0.615. The Morgan fingerprint density at radius 3 is 2.16 bits per heavy atom. The Morgan fingerprint density at radius 1 is 1.21 bits per heavy atom. The summed E-state index contributed by atoms with van der Waals surface area (Å²) in [5.74, 6) is 0.644. The minimum absolute atomic E-state index is 0.0553. The molecule has 2 nitrogen and oxygen atoms in total. The van der Waals surface area contributed by atoms with Gasteiger partial charge in [0.1, 0.15) is 5.70 Å². The predicted octanol–water partition coefficient (Wildman–Crippen LogP) is 4.07. The Labute approximate surface area is 113 Å². The maximum absolute atomic E-state index is 12.5. The molecule has 1 fully saturated rings. The van der Waals surface area contributed by atoms with E-state index in [2.05, 4.69) is 11.9 Å². The molecule has 19 heavy (non-hydrogen) atoms. The number of nitrogens with zero attached hydrogens (tertiary/aromatic N) is 1. The lowest BCUT2D eigenvalue weighted by atomic mass is 9.87. The molecule has 0 radical (unpaired) electrons. The molecular formula is C14H23F3N2. The van der Waals surface area contributed by atoms with Gasteiger partial charge in [0.15, 0.2) is 0 Å². The van der Waals surface area contributed by atoms with Crippen LogP contribution in [0.25, 0.3) is 0 Å². The third-order valence-electron chi connectivity index (χ3n) is 3.54. The topological polar surface area (TPSA) is 38.4 Å². The fourth-order valence-corrected chi connectivity index (χ4v) is 2.18. The Hall–Kier alpha value is -1.00. The quantitative estimate of drug-likeness (QED) is 0.775. The second kappa shape index (κ2) is 6.44. The summed E-state index contributed by atoms with van der Waals surface area (Å²) >= 11 is 0. The maximum Gasteiger partial charge on any atom is 0.430 e. The predicted molar refractivity (Wildman–Crippen MR) is 72.0 cm³/mol. The molecule has 0 bridgehead atoms. The zero-order chi connectivity index (χ0) is 14.6. The van der Waals surface area contributed by atoms with Crippen LogP contribution in [0.4, 0.5) is 13.2 Å². The van der Waals surface area contributed by atoms with E-state index < -0.39 is 11.9 Å². The molecule has 0 aromatic rings. The van der Waals surface area contributed by atoms with Gasteiger partial charge in [-0.25, -0.2) is 0 Å². The summed E-state index contributed by atoms with van der Waals surface area (Å²) < 4.78 is 37.4. The number of halogens is 3. The molecule has 0 aromatic heterocycles. The maximum atomic E-state index is 12.5. The molecule has 0 aromatic carbocycles. The highest BCUT2D eigenvalue weighted by molar-refractivity contribution is 5.97. The number of allylic oxidation sites excluding steroid dienone is 2. The Bertz CT molecular complexity index is 348. The van der Waals surface area contributed by atoms with Crippen LogP contribution in [0.3, 0.4) is 0 Å². The third kappa shape index (κ3) is 5.25. The lowest BCUT2D eigenvalue weighted by molar-refractivity contribution is -0.0925. The van der Waals surface area contributed by atoms with E-state index >= 15 is 0 Å². The standard InChI is InChI=1S/C14H23F3N2/c1-9(2)12(8-13(18)14(15,16)17)19-11-6-4-10(3)5-7-11/h8-11H,4-7,18H2,1-3H3. The van der Waals surface area contributed by atoms with E-state index in [0.717, 1.165) is 31.8 Å². The lowest BCUT2D eigenvalue weighted by Gasteiger charge is -2.24. The van der Waals surface area contributed by atoms with Gasteiger partial charge >= 0.3 is 6.18 Å². The van der Waals surface area contributed by atoms with E-state index in [1.165, 1.54) is 0 Å². The van der Waals surface area contributed by atoms with E-state index in [-0.39, 0.29) is 12.0 Å². The number of hydrogen-bond acceptors (Lipinski definition) is 2. The van der Waals surface area contributed by atoms with Gasteiger partial charge in [0.05, 0.1) is 6.04 Å².